The van der Waals surface area contributed by atoms with Gasteiger partial charge in [-0.2, -0.15) is 0 Å². The van der Waals surface area contributed by atoms with Gasteiger partial charge >= 0.3 is 0 Å². The van der Waals surface area contributed by atoms with E-state index in [1.165, 1.54) is 6.26 Å². The number of likely N-dealkylation sites (tertiary alicyclic amines) is 1. The van der Waals surface area contributed by atoms with Crippen molar-refractivity contribution in [2.45, 2.75) is 18.4 Å². The monoisotopic (exact) mass is 368 g/mol. The van der Waals surface area contributed by atoms with Crippen LogP contribution in [-0.4, -0.2) is 55.1 Å². The summed E-state index contributed by atoms with van der Waals surface area (Å²) >= 11 is 0. The number of hydrogen-bond acceptors (Lipinski definition) is 5. The van der Waals surface area contributed by atoms with Crippen LogP contribution >= 0.6 is 0 Å². The van der Waals surface area contributed by atoms with Crippen molar-refractivity contribution >= 4 is 17.5 Å². The van der Waals surface area contributed by atoms with Crippen LogP contribution in [0.5, 0.6) is 0 Å². The van der Waals surface area contributed by atoms with Crippen molar-refractivity contribution in [1.29, 1.82) is 0 Å². The Labute approximate surface area is 158 Å². The molecule has 2 aliphatic heterocycles. The molecule has 0 radical (unpaired) electrons. The van der Waals surface area contributed by atoms with Crippen LogP contribution in [0.15, 0.2) is 53.1 Å². The first-order valence-corrected chi connectivity index (χ1v) is 9.34. The van der Waals surface area contributed by atoms with Crippen molar-refractivity contribution in [3.05, 3.63) is 54.5 Å². The van der Waals surface area contributed by atoms with Crippen LogP contribution in [0, 0.1) is 0 Å². The van der Waals surface area contributed by atoms with Gasteiger partial charge < -0.3 is 24.9 Å². The number of rotatable bonds is 5. The highest BCUT2D eigenvalue weighted by atomic mass is 16.3. The number of nitrogens with one attached hydrogen (secondary N) is 2. The number of furan rings is 1. The zero-order valence-electron chi connectivity index (χ0n) is 15.2. The number of nitrogens with zero attached hydrogens (tertiary/aromatic N) is 2. The predicted molar refractivity (Wildman–Crippen MR) is 101 cm³/mol. The molecule has 3 heterocycles. The molecule has 1 aromatic heterocycles. The first-order chi connectivity index (χ1) is 13.2. The number of anilines is 1. The molecule has 0 unspecified atom stereocenters. The van der Waals surface area contributed by atoms with E-state index in [0.29, 0.717) is 19.0 Å². The van der Waals surface area contributed by atoms with Gasteiger partial charge in [-0.15, -0.1) is 0 Å². The highest BCUT2D eigenvalue weighted by molar-refractivity contribution is 5.93. The Bertz CT molecular complexity index is 783. The average Bonchev–Trinajstić information content (AvgIpc) is 3.34. The van der Waals surface area contributed by atoms with Crippen LogP contribution in [0.25, 0.3) is 0 Å². The highest BCUT2D eigenvalue weighted by Crippen LogP contribution is 2.35. The molecule has 142 valence electrons. The molecule has 2 aromatic rings. The lowest BCUT2D eigenvalue weighted by Gasteiger charge is -2.43. The van der Waals surface area contributed by atoms with Crippen LogP contribution in [0.3, 0.4) is 0 Å². The van der Waals surface area contributed by atoms with E-state index in [0.717, 1.165) is 38.2 Å². The van der Waals surface area contributed by atoms with Crippen molar-refractivity contribution in [3.63, 3.8) is 0 Å². The zero-order chi connectivity index (χ0) is 18.7. The number of para-hydroxylation sites is 1. The smallest absolute Gasteiger partial charge is 0.287 e. The van der Waals surface area contributed by atoms with Gasteiger partial charge in [0.2, 0.25) is 5.91 Å². The summed E-state index contributed by atoms with van der Waals surface area (Å²) in [5.74, 6) is 0.254. The fraction of sp³-hybridized carbons (Fsp3) is 0.400. The van der Waals surface area contributed by atoms with Crippen molar-refractivity contribution in [2.75, 3.05) is 37.7 Å². The van der Waals surface area contributed by atoms with Gasteiger partial charge in [0.05, 0.1) is 12.9 Å². The molecule has 27 heavy (non-hydrogen) atoms. The van der Waals surface area contributed by atoms with Gasteiger partial charge in [0.25, 0.3) is 5.91 Å². The molecule has 4 rings (SSSR count). The molecule has 1 aromatic carbocycles. The minimum absolute atomic E-state index is 0.122. The molecule has 2 N–H and O–H groups in total. The summed E-state index contributed by atoms with van der Waals surface area (Å²) in [6.45, 7) is 3.53. The Balaban J connectivity index is 1.32. The molecule has 7 nitrogen and oxygen atoms in total. The minimum Gasteiger partial charge on any atom is -0.459 e. The second-order valence-corrected chi connectivity index (χ2v) is 7.03. The van der Waals surface area contributed by atoms with Gasteiger partial charge in [0, 0.05) is 31.9 Å². The molecule has 2 fully saturated rings. The summed E-state index contributed by atoms with van der Waals surface area (Å²) in [6, 6.07) is 13.4. The summed E-state index contributed by atoms with van der Waals surface area (Å²) in [5.41, 5.74) is 0.616. The van der Waals surface area contributed by atoms with Gasteiger partial charge in [-0.25, -0.2) is 0 Å². The largest absolute Gasteiger partial charge is 0.459 e. The Hall–Kier alpha value is -2.80. The van der Waals surface area contributed by atoms with E-state index in [1.807, 2.05) is 18.2 Å². The fourth-order valence-corrected chi connectivity index (χ4v) is 4.00. The van der Waals surface area contributed by atoms with Crippen LogP contribution in [-0.2, 0) is 4.79 Å². The van der Waals surface area contributed by atoms with E-state index in [-0.39, 0.29) is 11.8 Å². The second kappa shape index (κ2) is 7.44. The number of hydrogen-bond donors (Lipinski definition) is 2. The molecule has 0 atom stereocenters. The lowest BCUT2D eigenvalue weighted by Crippen LogP contribution is -2.57. The third-order valence-corrected chi connectivity index (χ3v) is 5.55. The number of carbonyl (C=O) groups is 2. The lowest BCUT2D eigenvalue weighted by molar-refractivity contribution is -0.125. The third kappa shape index (κ3) is 3.42. The third-order valence-electron chi connectivity index (χ3n) is 5.55. The summed E-state index contributed by atoms with van der Waals surface area (Å²) < 4.78 is 5.09. The number of amides is 2. The molecule has 2 aliphatic rings. The van der Waals surface area contributed by atoms with E-state index < -0.39 is 5.54 Å². The molecule has 1 spiro atoms. The maximum atomic E-state index is 12.6. The van der Waals surface area contributed by atoms with Gasteiger partial charge in [-0.3, -0.25) is 9.59 Å². The van der Waals surface area contributed by atoms with Gasteiger partial charge in [0.15, 0.2) is 5.76 Å². The van der Waals surface area contributed by atoms with Crippen LogP contribution in [0.1, 0.15) is 23.4 Å². The highest BCUT2D eigenvalue weighted by Gasteiger charge is 2.50. The van der Waals surface area contributed by atoms with Crippen LogP contribution in [0.4, 0.5) is 5.69 Å². The summed E-state index contributed by atoms with van der Waals surface area (Å²) in [6.07, 6.45) is 3.05. The molecule has 0 bridgehead atoms. The Morgan fingerprint density at radius 1 is 1.15 bits per heavy atom. The lowest BCUT2D eigenvalue weighted by atomic mass is 9.85. The Kier molecular flexibility index (Phi) is 4.85. The summed E-state index contributed by atoms with van der Waals surface area (Å²) in [4.78, 5) is 29.0. The quantitative estimate of drug-likeness (QED) is 0.835. The maximum absolute atomic E-state index is 12.6. The SMILES string of the molecule is O=C(NCCN1CCC2(CC1)C(=O)NCN2c1ccccc1)c1ccco1. The number of piperidine rings is 1. The van der Waals surface area contributed by atoms with E-state index in [2.05, 4.69) is 32.6 Å². The second-order valence-electron chi connectivity index (χ2n) is 7.03. The zero-order valence-corrected chi connectivity index (χ0v) is 15.2. The summed E-state index contributed by atoms with van der Waals surface area (Å²) in [7, 11) is 0. The van der Waals surface area contributed by atoms with Crippen LogP contribution in [0.2, 0.25) is 0 Å². The number of carbonyl (C=O) groups excluding carboxylic acids is 2. The van der Waals surface area contributed by atoms with Crippen LogP contribution < -0.4 is 15.5 Å². The first kappa shape index (κ1) is 17.6. The molecule has 2 saturated heterocycles. The molecule has 7 heteroatoms. The molecule has 2 amide bonds. The predicted octanol–water partition coefficient (Wildman–Crippen LogP) is 1.44. The normalized spacial score (nSPS) is 19.3. The first-order valence-electron chi connectivity index (χ1n) is 9.34. The summed E-state index contributed by atoms with van der Waals surface area (Å²) in [5, 5.41) is 5.89. The maximum Gasteiger partial charge on any atom is 0.287 e. The van der Waals surface area contributed by atoms with Crippen molar-refractivity contribution < 1.29 is 14.0 Å². The molecular weight excluding hydrogens is 344 g/mol. The van der Waals surface area contributed by atoms with E-state index >= 15 is 0 Å². The van der Waals surface area contributed by atoms with Crippen molar-refractivity contribution in [3.8, 4) is 0 Å². The molecule has 0 saturated carbocycles. The number of benzene rings is 1. The molecular formula is C20H24N4O3. The Morgan fingerprint density at radius 2 is 1.93 bits per heavy atom. The van der Waals surface area contributed by atoms with Crippen molar-refractivity contribution in [1.82, 2.24) is 15.5 Å². The van der Waals surface area contributed by atoms with Gasteiger partial charge in [0.1, 0.15) is 5.54 Å². The minimum atomic E-state index is -0.463. The fourth-order valence-electron chi connectivity index (χ4n) is 4.00. The van der Waals surface area contributed by atoms with Gasteiger partial charge in [-0.05, 0) is 37.1 Å². The average molecular weight is 368 g/mol. The molecule has 0 aliphatic carbocycles. The van der Waals surface area contributed by atoms with Crippen molar-refractivity contribution in [2.24, 2.45) is 0 Å². The Morgan fingerprint density at radius 3 is 2.63 bits per heavy atom. The van der Waals surface area contributed by atoms with E-state index in [9.17, 15) is 9.59 Å². The van der Waals surface area contributed by atoms with E-state index in [1.54, 1.807) is 12.1 Å². The van der Waals surface area contributed by atoms with Gasteiger partial charge in [-0.1, -0.05) is 18.2 Å². The van der Waals surface area contributed by atoms with E-state index in [4.69, 9.17) is 4.42 Å². The topological polar surface area (TPSA) is 77.8 Å². The standard InChI is InChI=1S/C20H24N4O3/c25-18(17-7-4-14-27-17)21-10-13-23-11-8-20(9-12-23)19(26)22-15-24(20)16-5-2-1-3-6-16/h1-7,14H,8-13,15H2,(H,21,25)(H,22,26).